The molecule has 142 valence electrons. The van der Waals surface area contributed by atoms with Crippen molar-refractivity contribution in [2.75, 3.05) is 57.4 Å². The number of carbonyl (C=O) groups excluding carboxylic acids is 1. The molecule has 4 aliphatic rings. The predicted molar refractivity (Wildman–Crippen MR) is 101 cm³/mol. The van der Waals surface area contributed by atoms with Gasteiger partial charge in [0.05, 0.1) is 13.2 Å². The van der Waals surface area contributed by atoms with Crippen molar-refractivity contribution >= 4 is 17.8 Å². The van der Waals surface area contributed by atoms with Crippen molar-refractivity contribution in [3.8, 4) is 0 Å². The van der Waals surface area contributed by atoms with Crippen LogP contribution >= 0.6 is 11.8 Å². The lowest BCUT2D eigenvalue weighted by atomic mass is 9.95. The number of ether oxygens (including phenoxy) is 1. The van der Waals surface area contributed by atoms with Crippen LogP contribution in [0.4, 0.5) is 4.79 Å². The molecular weight excluding hydrogens is 336 g/mol. The van der Waals surface area contributed by atoms with Gasteiger partial charge >= 0.3 is 6.03 Å². The van der Waals surface area contributed by atoms with Gasteiger partial charge in [0.15, 0.2) is 0 Å². The minimum atomic E-state index is 0.0226. The van der Waals surface area contributed by atoms with Gasteiger partial charge in [-0.05, 0) is 37.9 Å². The molecule has 3 saturated heterocycles. The number of hydrogen-bond donors (Lipinski definition) is 2. The second-order valence-electron chi connectivity index (χ2n) is 7.99. The highest BCUT2D eigenvalue weighted by Crippen LogP contribution is 2.33. The van der Waals surface area contributed by atoms with E-state index in [1.807, 2.05) is 11.8 Å². The summed E-state index contributed by atoms with van der Waals surface area (Å²) in [5.41, 5.74) is 0.126. The number of rotatable bonds is 5. The maximum Gasteiger partial charge on any atom is 0.315 e. The Morgan fingerprint density at radius 1 is 1.12 bits per heavy atom. The van der Waals surface area contributed by atoms with E-state index >= 15 is 0 Å². The van der Waals surface area contributed by atoms with Crippen molar-refractivity contribution in [1.82, 2.24) is 20.4 Å². The SMILES string of the molecule is O=C(NCC1(N2CCOCC2)CCSC1)NC1CCN(C2CC2)CC1. The van der Waals surface area contributed by atoms with Crippen molar-refractivity contribution < 1.29 is 9.53 Å². The maximum atomic E-state index is 12.4. The largest absolute Gasteiger partial charge is 0.379 e. The summed E-state index contributed by atoms with van der Waals surface area (Å²) in [4.78, 5) is 17.6. The number of morpholine rings is 1. The fraction of sp³-hybridized carbons (Fsp3) is 0.944. The molecule has 1 saturated carbocycles. The summed E-state index contributed by atoms with van der Waals surface area (Å²) in [6.07, 6.45) is 6.10. The summed E-state index contributed by atoms with van der Waals surface area (Å²) >= 11 is 2.01. The van der Waals surface area contributed by atoms with E-state index in [9.17, 15) is 4.79 Å². The van der Waals surface area contributed by atoms with Crippen molar-refractivity contribution in [2.24, 2.45) is 0 Å². The molecule has 2 N–H and O–H groups in total. The Morgan fingerprint density at radius 2 is 1.88 bits per heavy atom. The second-order valence-corrected chi connectivity index (χ2v) is 9.10. The van der Waals surface area contributed by atoms with Gasteiger partial charge in [-0.15, -0.1) is 0 Å². The van der Waals surface area contributed by atoms with Gasteiger partial charge in [-0.25, -0.2) is 4.79 Å². The Bertz CT molecular complexity index is 454. The number of carbonyl (C=O) groups is 1. The highest BCUT2D eigenvalue weighted by molar-refractivity contribution is 7.99. The average Bonchev–Trinajstić information content (AvgIpc) is 3.39. The van der Waals surface area contributed by atoms with Gasteiger partial charge in [-0.2, -0.15) is 11.8 Å². The zero-order chi connectivity index (χ0) is 17.1. The molecule has 1 aliphatic carbocycles. The van der Waals surface area contributed by atoms with Crippen LogP contribution in [0.1, 0.15) is 32.1 Å². The third-order valence-electron chi connectivity index (χ3n) is 6.27. The average molecular weight is 369 g/mol. The third-order valence-corrected chi connectivity index (χ3v) is 7.50. The zero-order valence-corrected chi connectivity index (χ0v) is 16.0. The minimum absolute atomic E-state index is 0.0226. The van der Waals surface area contributed by atoms with Crippen LogP contribution in [0.2, 0.25) is 0 Å². The number of piperidine rings is 1. The van der Waals surface area contributed by atoms with Crippen molar-refractivity contribution in [3.63, 3.8) is 0 Å². The van der Waals surface area contributed by atoms with Gasteiger partial charge in [0, 0.05) is 56.1 Å². The second kappa shape index (κ2) is 8.03. The van der Waals surface area contributed by atoms with Crippen LogP contribution < -0.4 is 10.6 Å². The first kappa shape index (κ1) is 17.9. The van der Waals surface area contributed by atoms with Crippen molar-refractivity contribution in [1.29, 1.82) is 0 Å². The fourth-order valence-corrected chi connectivity index (χ4v) is 5.94. The quantitative estimate of drug-likeness (QED) is 0.762. The Balaban J connectivity index is 1.23. The molecule has 0 radical (unpaired) electrons. The highest BCUT2D eigenvalue weighted by Gasteiger charge is 2.41. The smallest absolute Gasteiger partial charge is 0.315 e. The van der Waals surface area contributed by atoms with Crippen molar-refractivity contribution in [2.45, 2.75) is 49.7 Å². The lowest BCUT2D eigenvalue weighted by Gasteiger charge is -2.43. The van der Waals surface area contributed by atoms with E-state index < -0.39 is 0 Å². The van der Waals surface area contributed by atoms with Crippen molar-refractivity contribution in [3.05, 3.63) is 0 Å². The monoisotopic (exact) mass is 368 g/mol. The molecule has 4 rings (SSSR count). The lowest BCUT2D eigenvalue weighted by molar-refractivity contribution is -0.0124. The molecule has 1 unspecified atom stereocenters. The van der Waals surface area contributed by atoms with Gasteiger partial charge in [-0.1, -0.05) is 0 Å². The van der Waals surface area contributed by atoms with Gasteiger partial charge in [0.2, 0.25) is 0 Å². The first-order valence-corrected chi connectivity index (χ1v) is 11.1. The number of nitrogens with one attached hydrogen (secondary N) is 2. The van der Waals surface area contributed by atoms with Gasteiger partial charge < -0.3 is 20.3 Å². The molecule has 4 fully saturated rings. The van der Waals surface area contributed by atoms with E-state index in [1.54, 1.807) is 0 Å². The first-order valence-electron chi connectivity index (χ1n) is 9.94. The molecule has 6 nitrogen and oxygen atoms in total. The van der Waals surface area contributed by atoms with Crippen LogP contribution in [0, 0.1) is 0 Å². The van der Waals surface area contributed by atoms with Gasteiger partial charge in [0.1, 0.15) is 0 Å². The highest BCUT2D eigenvalue weighted by atomic mass is 32.2. The molecule has 0 spiro atoms. The standard InChI is InChI=1S/C18H32N4O2S/c23-17(20-15-3-6-21(7-4-15)16-1-2-16)19-13-18(5-12-25-14-18)22-8-10-24-11-9-22/h15-16H,1-14H2,(H2,19,20,23). The molecule has 1 atom stereocenters. The summed E-state index contributed by atoms with van der Waals surface area (Å²) in [6, 6.07) is 1.21. The lowest BCUT2D eigenvalue weighted by Crippen LogP contribution is -2.60. The number of nitrogens with zero attached hydrogens (tertiary/aromatic N) is 2. The molecule has 7 heteroatoms. The summed E-state index contributed by atoms with van der Waals surface area (Å²) in [5, 5.41) is 6.41. The van der Waals surface area contributed by atoms with Crippen LogP contribution in [0.5, 0.6) is 0 Å². The summed E-state index contributed by atoms with van der Waals surface area (Å²) in [7, 11) is 0. The Kier molecular flexibility index (Phi) is 5.74. The number of thioether (sulfide) groups is 1. The molecule has 0 bridgehead atoms. The van der Waals surface area contributed by atoms with Gasteiger partial charge in [-0.3, -0.25) is 4.90 Å². The third kappa shape index (κ3) is 4.43. The number of hydrogen-bond acceptors (Lipinski definition) is 5. The molecular formula is C18H32N4O2S. The normalized spacial score (nSPS) is 32.6. The topological polar surface area (TPSA) is 56.8 Å². The van der Waals surface area contributed by atoms with E-state index in [4.69, 9.17) is 4.74 Å². The van der Waals surface area contributed by atoms with E-state index in [0.29, 0.717) is 6.04 Å². The maximum absolute atomic E-state index is 12.4. The molecule has 3 heterocycles. The van der Waals surface area contributed by atoms with Crippen LogP contribution in [-0.4, -0.2) is 90.9 Å². The Labute approximate surface area is 155 Å². The van der Waals surface area contributed by atoms with Crippen LogP contribution in [0.3, 0.4) is 0 Å². The first-order chi connectivity index (χ1) is 12.3. The summed E-state index contributed by atoms with van der Waals surface area (Å²) < 4.78 is 5.51. The molecule has 0 aromatic rings. The predicted octanol–water partition coefficient (Wildman–Crippen LogP) is 1.12. The summed E-state index contributed by atoms with van der Waals surface area (Å²) in [6.45, 7) is 6.66. The molecule has 0 aromatic heterocycles. The van der Waals surface area contributed by atoms with E-state index in [-0.39, 0.29) is 11.6 Å². The van der Waals surface area contributed by atoms with Crippen LogP contribution in [0.15, 0.2) is 0 Å². The van der Waals surface area contributed by atoms with E-state index in [0.717, 1.165) is 77.0 Å². The molecule has 2 amide bonds. The van der Waals surface area contributed by atoms with E-state index in [2.05, 4.69) is 20.4 Å². The zero-order valence-electron chi connectivity index (χ0n) is 15.2. The summed E-state index contributed by atoms with van der Waals surface area (Å²) in [5.74, 6) is 2.31. The fourth-order valence-electron chi connectivity index (χ4n) is 4.46. The van der Waals surface area contributed by atoms with Crippen LogP contribution in [0.25, 0.3) is 0 Å². The Hall–Kier alpha value is -0.500. The number of urea groups is 1. The molecule has 0 aromatic carbocycles. The van der Waals surface area contributed by atoms with E-state index in [1.165, 1.54) is 18.6 Å². The Morgan fingerprint density at radius 3 is 2.52 bits per heavy atom. The number of amides is 2. The van der Waals surface area contributed by atoms with Gasteiger partial charge in [0.25, 0.3) is 0 Å². The molecule has 25 heavy (non-hydrogen) atoms. The number of likely N-dealkylation sites (tertiary alicyclic amines) is 1. The minimum Gasteiger partial charge on any atom is -0.379 e. The van der Waals surface area contributed by atoms with Crippen LogP contribution in [-0.2, 0) is 4.74 Å². The molecule has 3 aliphatic heterocycles.